The number of hydrogen-bond donors (Lipinski definition) is 0. The Bertz CT molecular complexity index is 381. The van der Waals surface area contributed by atoms with Gasteiger partial charge in [0.05, 0.1) is 24.2 Å². The van der Waals surface area contributed by atoms with Crippen LogP contribution in [0.25, 0.3) is 0 Å². The molecule has 5 heteroatoms. The Hall–Kier alpha value is -1.10. The Kier molecular flexibility index (Phi) is 2.81. The number of cyclic esters (lactones) is 1. The standard InChI is InChI=1S/C13H19NO4/c1-7(2)10-6-17-13(16)14(10)12(15)9-5-8-3-4-11(9)18-8/h7-11H,3-6H2,1-2H3/t8-,9-,10+,11+/m0/s1. The van der Waals surface area contributed by atoms with Crippen LogP contribution in [0.1, 0.15) is 33.1 Å². The second-order valence-corrected chi connectivity index (χ2v) is 5.81. The summed E-state index contributed by atoms with van der Waals surface area (Å²) in [4.78, 5) is 25.6. The molecule has 5 nitrogen and oxygen atoms in total. The van der Waals surface area contributed by atoms with E-state index in [4.69, 9.17) is 9.47 Å². The van der Waals surface area contributed by atoms with E-state index in [1.54, 1.807) is 0 Å². The minimum Gasteiger partial charge on any atom is -0.447 e. The maximum atomic E-state index is 12.5. The molecule has 2 bridgehead atoms. The minimum atomic E-state index is -0.485. The number of nitrogens with zero attached hydrogens (tertiary/aromatic N) is 1. The van der Waals surface area contributed by atoms with Gasteiger partial charge in [0.15, 0.2) is 0 Å². The van der Waals surface area contributed by atoms with Gasteiger partial charge in [0, 0.05) is 0 Å². The number of hydrogen-bond acceptors (Lipinski definition) is 4. The third-order valence-corrected chi connectivity index (χ3v) is 4.34. The molecule has 0 aliphatic carbocycles. The Morgan fingerprint density at radius 3 is 2.72 bits per heavy atom. The van der Waals surface area contributed by atoms with Gasteiger partial charge in [-0.2, -0.15) is 0 Å². The summed E-state index contributed by atoms with van der Waals surface area (Å²) in [7, 11) is 0. The molecule has 0 aromatic heterocycles. The fourth-order valence-electron chi connectivity index (χ4n) is 3.26. The molecule has 18 heavy (non-hydrogen) atoms. The van der Waals surface area contributed by atoms with Crippen LogP contribution in [0, 0.1) is 11.8 Å². The summed E-state index contributed by atoms with van der Waals surface area (Å²) in [5.41, 5.74) is 0. The van der Waals surface area contributed by atoms with Crippen LogP contribution in [-0.2, 0) is 14.3 Å². The Balaban J connectivity index is 1.76. The number of rotatable bonds is 2. The molecule has 3 aliphatic heterocycles. The number of fused-ring (bicyclic) bond motifs is 2. The minimum absolute atomic E-state index is 0.0173. The largest absolute Gasteiger partial charge is 0.447 e. The summed E-state index contributed by atoms with van der Waals surface area (Å²) in [6.07, 6.45) is 2.51. The molecule has 0 spiro atoms. The monoisotopic (exact) mass is 253 g/mol. The zero-order valence-corrected chi connectivity index (χ0v) is 10.8. The molecule has 3 aliphatic rings. The van der Waals surface area contributed by atoms with Crippen LogP contribution in [0.4, 0.5) is 4.79 Å². The number of carbonyl (C=O) groups is 2. The second-order valence-electron chi connectivity index (χ2n) is 5.81. The molecule has 0 N–H and O–H groups in total. The Labute approximate surface area is 106 Å². The van der Waals surface area contributed by atoms with Crippen molar-refractivity contribution < 1.29 is 19.1 Å². The third-order valence-electron chi connectivity index (χ3n) is 4.34. The lowest BCUT2D eigenvalue weighted by molar-refractivity contribution is -0.135. The molecule has 3 rings (SSSR count). The quantitative estimate of drug-likeness (QED) is 0.749. The number of carbonyl (C=O) groups excluding carboxylic acids is 2. The zero-order valence-electron chi connectivity index (χ0n) is 10.8. The van der Waals surface area contributed by atoms with E-state index in [-0.39, 0.29) is 36.0 Å². The first kappa shape index (κ1) is 12.0. The van der Waals surface area contributed by atoms with Gasteiger partial charge in [-0.1, -0.05) is 13.8 Å². The van der Waals surface area contributed by atoms with E-state index in [1.165, 1.54) is 4.90 Å². The summed E-state index contributed by atoms with van der Waals surface area (Å²) < 4.78 is 10.7. The topological polar surface area (TPSA) is 55.8 Å². The van der Waals surface area contributed by atoms with Crippen LogP contribution in [0.3, 0.4) is 0 Å². The molecule has 0 aromatic carbocycles. The highest BCUT2D eigenvalue weighted by Gasteiger charge is 2.50. The number of ether oxygens (including phenoxy) is 2. The van der Waals surface area contributed by atoms with Crippen molar-refractivity contribution in [1.82, 2.24) is 4.90 Å². The predicted molar refractivity (Wildman–Crippen MR) is 62.8 cm³/mol. The first-order valence-electron chi connectivity index (χ1n) is 6.73. The van der Waals surface area contributed by atoms with Gasteiger partial charge in [0.1, 0.15) is 6.61 Å². The summed E-state index contributed by atoms with van der Waals surface area (Å²) in [5, 5.41) is 0. The van der Waals surface area contributed by atoms with Crippen LogP contribution in [-0.4, -0.2) is 41.8 Å². The first-order chi connectivity index (χ1) is 8.58. The van der Waals surface area contributed by atoms with Gasteiger partial charge in [-0.05, 0) is 25.2 Å². The van der Waals surface area contributed by atoms with Crippen molar-refractivity contribution in [3.8, 4) is 0 Å². The van der Waals surface area contributed by atoms with Gasteiger partial charge in [-0.15, -0.1) is 0 Å². The van der Waals surface area contributed by atoms with E-state index in [1.807, 2.05) is 13.8 Å². The molecule has 0 unspecified atom stereocenters. The van der Waals surface area contributed by atoms with Crippen molar-refractivity contribution in [2.45, 2.75) is 51.4 Å². The zero-order chi connectivity index (χ0) is 12.9. The van der Waals surface area contributed by atoms with Crippen molar-refractivity contribution in [3.05, 3.63) is 0 Å². The summed E-state index contributed by atoms with van der Waals surface area (Å²) in [5.74, 6) is -0.0149. The number of amides is 2. The van der Waals surface area contributed by atoms with Gasteiger partial charge in [0.25, 0.3) is 0 Å². The Morgan fingerprint density at radius 2 is 2.17 bits per heavy atom. The summed E-state index contributed by atoms with van der Waals surface area (Å²) >= 11 is 0. The van der Waals surface area contributed by atoms with Crippen molar-refractivity contribution in [1.29, 1.82) is 0 Å². The van der Waals surface area contributed by atoms with Crippen LogP contribution in [0.2, 0.25) is 0 Å². The SMILES string of the molecule is CC(C)[C@H]1COC(=O)N1C(=O)[C@H]1C[C@@H]2CC[C@H]1O2. The molecule has 3 fully saturated rings. The summed E-state index contributed by atoms with van der Waals surface area (Å²) in [6.45, 7) is 4.33. The van der Waals surface area contributed by atoms with Crippen molar-refractivity contribution in [2.24, 2.45) is 11.8 Å². The van der Waals surface area contributed by atoms with E-state index in [9.17, 15) is 9.59 Å². The molecule has 3 saturated heterocycles. The highest BCUT2D eigenvalue weighted by atomic mass is 16.6. The lowest BCUT2D eigenvalue weighted by atomic mass is 9.87. The fraction of sp³-hybridized carbons (Fsp3) is 0.846. The van der Waals surface area contributed by atoms with Gasteiger partial charge in [-0.3, -0.25) is 4.79 Å². The van der Waals surface area contributed by atoms with Gasteiger partial charge >= 0.3 is 6.09 Å². The molecule has 2 amide bonds. The molecule has 0 radical (unpaired) electrons. The molecule has 3 heterocycles. The van der Waals surface area contributed by atoms with Crippen LogP contribution in [0.5, 0.6) is 0 Å². The van der Waals surface area contributed by atoms with E-state index < -0.39 is 6.09 Å². The van der Waals surface area contributed by atoms with Gasteiger partial charge in [0.2, 0.25) is 5.91 Å². The molecule has 4 atom stereocenters. The van der Waals surface area contributed by atoms with Crippen molar-refractivity contribution in [2.75, 3.05) is 6.61 Å². The molecule has 100 valence electrons. The van der Waals surface area contributed by atoms with Crippen molar-refractivity contribution >= 4 is 12.0 Å². The highest BCUT2D eigenvalue weighted by Crippen LogP contribution is 2.40. The Morgan fingerprint density at radius 1 is 1.39 bits per heavy atom. The molecule has 0 aromatic rings. The predicted octanol–water partition coefficient (Wildman–Crippen LogP) is 1.56. The highest BCUT2D eigenvalue weighted by molar-refractivity contribution is 5.95. The van der Waals surface area contributed by atoms with E-state index in [0.29, 0.717) is 6.61 Å². The average molecular weight is 253 g/mol. The maximum absolute atomic E-state index is 12.5. The molecule has 0 saturated carbocycles. The van der Waals surface area contributed by atoms with Crippen LogP contribution >= 0.6 is 0 Å². The molecular formula is C13H19NO4. The maximum Gasteiger partial charge on any atom is 0.416 e. The lowest BCUT2D eigenvalue weighted by Crippen LogP contribution is -2.46. The third kappa shape index (κ3) is 1.72. The molecular weight excluding hydrogens is 234 g/mol. The second kappa shape index (κ2) is 4.23. The fourth-order valence-corrected chi connectivity index (χ4v) is 3.26. The lowest BCUT2D eigenvalue weighted by Gasteiger charge is -2.27. The number of imide groups is 1. The van der Waals surface area contributed by atoms with E-state index in [0.717, 1.165) is 19.3 Å². The smallest absolute Gasteiger partial charge is 0.416 e. The van der Waals surface area contributed by atoms with Crippen molar-refractivity contribution in [3.63, 3.8) is 0 Å². The van der Waals surface area contributed by atoms with Crippen LogP contribution in [0.15, 0.2) is 0 Å². The van der Waals surface area contributed by atoms with Gasteiger partial charge < -0.3 is 9.47 Å². The first-order valence-corrected chi connectivity index (χ1v) is 6.73. The summed E-state index contributed by atoms with van der Waals surface area (Å²) in [6, 6.07) is -0.121. The van der Waals surface area contributed by atoms with E-state index in [2.05, 4.69) is 0 Å². The average Bonchev–Trinajstić information content (AvgIpc) is 3.01. The van der Waals surface area contributed by atoms with Gasteiger partial charge in [-0.25, -0.2) is 9.69 Å². The normalized spacial score (nSPS) is 38.6. The van der Waals surface area contributed by atoms with Crippen LogP contribution < -0.4 is 0 Å². The van der Waals surface area contributed by atoms with E-state index >= 15 is 0 Å².